The highest BCUT2D eigenvalue weighted by atomic mass is 16.2. The van der Waals surface area contributed by atoms with Gasteiger partial charge in [-0.15, -0.1) is 0 Å². The molecular weight excluding hydrogens is 238 g/mol. The average Bonchev–Trinajstić information content (AvgIpc) is 2.80. The Kier molecular flexibility index (Phi) is 5.22. The SMILES string of the molecule is CCC(C)C1NCN(CC(C)N2CCCCC2)C1=O. The predicted octanol–water partition coefficient (Wildman–Crippen LogP) is 1.66. The van der Waals surface area contributed by atoms with Gasteiger partial charge in [-0.05, 0) is 38.8 Å². The molecule has 3 unspecified atom stereocenters. The van der Waals surface area contributed by atoms with Crippen LogP contribution >= 0.6 is 0 Å². The summed E-state index contributed by atoms with van der Waals surface area (Å²) in [6.07, 6.45) is 5.04. The van der Waals surface area contributed by atoms with Crippen molar-refractivity contribution in [2.45, 2.75) is 58.5 Å². The van der Waals surface area contributed by atoms with E-state index in [0.717, 1.165) is 19.6 Å². The van der Waals surface area contributed by atoms with E-state index in [9.17, 15) is 4.79 Å². The first-order valence-electron chi connectivity index (χ1n) is 7.89. The number of nitrogens with zero attached hydrogens (tertiary/aromatic N) is 2. The molecule has 0 spiro atoms. The second kappa shape index (κ2) is 6.71. The van der Waals surface area contributed by atoms with Crippen LogP contribution in [0.2, 0.25) is 0 Å². The van der Waals surface area contributed by atoms with Crippen LogP contribution in [0.5, 0.6) is 0 Å². The summed E-state index contributed by atoms with van der Waals surface area (Å²) in [6, 6.07) is 0.528. The van der Waals surface area contributed by atoms with Crippen molar-refractivity contribution in [3.63, 3.8) is 0 Å². The highest BCUT2D eigenvalue weighted by molar-refractivity contribution is 5.84. The van der Waals surface area contributed by atoms with E-state index < -0.39 is 0 Å². The van der Waals surface area contributed by atoms with Gasteiger partial charge in [-0.25, -0.2) is 0 Å². The number of amides is 1. The summed E-state index contributed by atoms with van der Waals surface area (Å²) in [6.45, 7) is 10.6. The third-order valence-corrected chi connectivity index (χ3v) is 4.79. The van der Waals surface area contributed by atoms with Gasteiger partial charge < -0.3 is 4.90 Å². The largest absolute Gasteiger partial charge is 0.327 e. The number of hydrogen-bond acceptors (Lipinski definition) is 3. The number of carbonyl (C=O) groups excluding carboxylic acids is 1. The maximum atomic E-state index is 12.4. The number of rotatable bonds is 5. The molecule has 4 nitrogen and oxygen atoms in total. The van der Waals surface area contributed by atoms with Gasteiger partial charge in [0.15, 0.2) is 0 Å². The lowest BCUT2D eigenvalue weighted by atomic mass is 9.99. The Morgan fingerprint density at radius 1 is 1.26 bits per heavy atom. The van der Waals surface area contributed by atoms with Crippen molar-refractivity contribution in [3.05, 3.63) is 0 Å². The van der Waals surface area contributed by atoms with Crippen molar-refractivity contribution in [3.8, 4) is 0 Å². The first kappa shape index (κ1) is 14.8. The van der Waals surface area contributed by atoms with Crippen LogP contribution < -0.4 is 5.32 Å². The van der Waals surface area contributed by atoms with Crippen LogP contribution in [-0.2, 0) is 4.79 Å². The van der Waals surface area contributed by atoms with E-state index in [2.05, 4.69) is 31.0 Å². The smallest absolute Gasteiger partial charge is 0.241 e. The molecule has 2 saturated heterocycles. The van der Waals surface area contributed by atoms with Gasteiger partial charge in [-0.3, -0.25) is 15.0 Å². The van der Waals surface area contributed by atoms with Crippen molar-refractivity contribution in [1.29, 1.82) is 0 Å². The maximum absolute atomic E-state index is 12.4. The van der Waals surface area contributed by atoms with Gasteiger partial charge in [0.25, 0.3) is 0 Å². The van der Waals surface area contributed by atoms with Crippen LogP contribution in [0.1, 0.15) is 46.5 Å². The minimum absolute atomic E-state index is 0.0403. The summed E-state index contributed by atoms with van der Waals surface area (Å²) < 4.78 is 0. The molecule has 0 aromatic rings. The molecular formula is C15H29N3O. The van der Waals surface area contributed by atoms with Gasteiger partial charge in [0.1, 0.15) is 0 Å². The topological polar surface area (TPSA) is 35.6 Å². The molecule has 2 aliphatic heterocycles. The van der Waals surface area contributed by atoms with Crippen molar-refractivity contribution < 1.29 is 4.79 Å². The molecule has 2 fully saturated rings. The Hall–Kier alpha value is -0.610. The van der Waals surface area contributed by atoms with Crippen LogP contribution in [0.3, 0.4) is 0 Å². The van der Waals surface area contributed by atoms with Gasteiger partial charge in [-0.1, -0.05) is 26.7 Å². The van der Waals surface area contributed by atoms with Crippen LogP contribution in [-0.4, -0.2) is 54.1 Å². The van der Waals surface area contributed by atoms with Gasteiger partial charge in [-0.2, -0.15) is 0 Å². The molecule has 0 aromatic carbocycles. The van der Waals surface area contributed by atoms with E-state index in [1.165, 1.54) is 32.4 Å². The fourth-order valence-electron chi connectivity index (χ4n) is 3.20. The molecule has 3 atom stereocenters. The molecule has 4 heteroatoms. The van der Waals surface area contributed by atoms with Crippen LogP contribution in [0.4, 0.5) is 0 Å². The summed E-state index contributed by atoms with van der Waals surface area (Å²) in [5, 5.41) is 3.37. The minimum Gasteiger partial charge on any atom is -0.327 e. The Morgan fingerprint density at radius 2 is 1.95 bits per heavy atom. The second-order valence-corrected chi connectivity index (χ2v) is 6.23. The zero-order valence-electron chi connectivity index (χ0n) is 12.7. The number of likely N-dealkylation sites (tertiary alicyclic amines) is 1. The summed E-state index contributed by atoms with van der Waals surface area (Å²) in [7, 11) is 0. The fraction of sp³-hybridized carbons (Fsp3) is 0.933. The zero-order valence-corrected chi connectivity index (χ0v) is 12.7. The Morgan fingerprint density at radius 3 is 2.58 bits per heavy atom. The first-order valence-corrected chi connectivity index (χ1v) is 7.89. The minimum atomic E-state index is 0.0403. The lowest BCUT2D eigenvalue weighted by molar-refractivity contribution is -0.130. The summed E-state index contributed by atoms with van der Waals surface area (Å²) in [5.41, 5.74) is 0. The molecule has 0 bridgehead atoms. The number of piperidine rings is 1. The standard InChI is InChI=1S/C15H29N3O/c1-4-12(2)14-15(19)18(11-16-14)10-13(3)17-8-6-5-7-9-17/h12-14,16H,4-11H2,1-3H3. The van der Waals surface area contributed by atoms with Crippen molar-refractivity contribution in [1.82, 2.24) is 15.1 Å². The molecule has 2 aliphatic rings. The van der Waals surface area contributed by atoms with E-state index in [1.807, 2.05) is 4.90 Å². The summed E-state index contributed by atoms with van der Waals surface area (Å²) in [4.78, 5) is 16.9. The van der Waals surface area contributed by atoms with E-state index in [0.29, 0.717) is 17.9 Å². The van der Waals surface area contributed by atoms with Crippen molar-refractivity contribution in [2.75, 3.05) is 26.3 Å². The molecule has 0 aromatic heterocycles. The second-order valence-electron chi connectivity index (χ2n) is 6.23. The third kappa shape index (κ3) is 3.48. The highest BCUT2D eigenvalue weighted by Gasteiger charge is 2.35. The Labute approximate surface area is 117 Å². The van der Waals surface area contributed by atoms with E-state index >= 15 is 0 Å². The number of nitrogens with one attached hydrogen (secondary N) is 1. The van der Waals surface area contributed by atoms with Gasteiger partial charge >= 0.3 is 0 Å². The average molecular weight is 267 g/mol. The van der Waals surface area contributed by atoms with Gasteiger partial charge in [0, 0.05) is 12.6 Å². The molecule has 19 heavy (non-hydrogen) atoms. The normalized spacial score (nSPS) is 28.7. The lowest BCUT2D eigenvalue weighted by Gasteiger charge is -2.34. The van der Waals surface area contributed by atoms with Crippen molar-refractivity contribution >= 4 is 5.91 Å². The monoisotopic (exact) mass is 267 g/mol. The van der Waals surface area contributed by atoms with E-state index in [1.54, 1.807) is 0 Å². The molecule has 0 saturated carbocycles. The van der Waals surface area contributed by atoms with Crippen molar-refractivity contribution in [2.24, 2.45) is 5.92 Å². The summed E-state index contributed by atoms with van der Waals surface area (Å²) >= 11 is 0. The predicted molar refractivity (Wildman–Crippen MR) is 77.8 cm³/mol. The van der Waals surface area contributed by atoms with Crippen LogP contribution in [0.25, 0.3) is 0 Å². The van der Waals surface area contributed by atoms with Gasteiger partial charge in [0.2, 0.25) is 5.91 Å². The van der Waals surface area contributed by atoms with Crippen LogP contribution in [0.15, 0.2) is 0 Å². The lowest BCUT2D eigenvalue weighted by Crippen LogP contribution is -2.46. The molecule has 0 aliphatic carbocycles. The van der Waals surface area contributed by atoms with Gasteiger partial charge in [0.05, 0.1) is 12.7 Å². The fourth-order valence-corrected chi connectivity index (χ4v) is 3.20. The van der Waals surface area contributed by atoms with Crippen LogP contribution in [0, 0.1) is 5.92 Å². The maximum Gasteiger partial charge on any atom is 0.241 e. The molecule has 1 amide bonds. The first-order chi connectivity index (χ1) is 9.13. The molecule has 110 valence electrons. The Bertz CT molecular complexity index is 302. The zero-order chi connectivity index (χ0) is 13.8. The molecule has 2 heterocycles. The van der Waals surface area contributed by atoms with E-state index in [-0.39, 0.29) is 6.04 Å². The molecule has 1 N–H and O–H groups in total. The quantitative estimate of drug-likeness (QED) is 0.823. The third-order valence-electron chi connectivity index (χ3n) is 4.79. The molecule has 0 radical (unpaired) electrons. The number of carbonyl (C=O) groups is 1. The summed E-state index contributed by atoms with van der Waals surface area (Å²) in [5.74, 6) is 0.737. The number of hydrogen-bond donors (Lipinski definition) is 1. The highest BCUT2D eigenvalue weighted by Crippen LogP contribution is 2.18. The van der Waals surface area contributed by atoms with E-state index in [4.69, 9.17) is 0 Å². The Balaban J connectivity index is 1.84. The molecule has 2 rings (SSSR count).